The fourth-order valence-electron chi connectivity index (χ4n) is 1.83. The summed E-state index contributed by atoms with van der Waals surface area (Å²) >= 11 is 0. The number of carbonyl (C=O) groups is 2. The number of hydrogen-bond acceptors (Lipinski definition) is 2. The zero-order chi connectivity index (χ0) is 13.9. The lowest BCUT2D eigenvalue weighted by Gasteiger charge is -2.30. The Balaban J connectivity index is 2.61. The molecule has 0 saturated heterocycles. The largest absolute Gasteiger partial charge is 0.480 e. The highest BCUT2D eigenvalue weighted by molar-refractivity contribution is 5.83. The number of carboxylic acids is 1. The molecule has 0 unspecified atom stereocenters. The van der Waals surface area contributed by atoms with Gasteiger partial charge in [0.1, 0.15) is 6.04 Å². The van der Waals surface area contributed by atoms with Crippen LogP contribution in [-0.2, 0) is 4.79 Å². The Kier molecular flexibility index (Phi) is 4.59. The second-order valence-electron chi connectivity index (χ2n) is 6.07. The van der Waals surface area contributed by atoms with Crippen molar-refractivity contribution in [1.82, 2.24) is 10.2 Å². The maximum atomic E-state index is 12.1. The molecule has 0 aromatic carbocycles. The van der Waals surface area contributed by atoms with Gasteiger partial charge in [-0.2, -0.15) is 0 Å². The number of carboxylic acid groups (broad SMARTS) is 1. The van der Waals surface area contributed by atoms with E-state index in [1.54, 1.807) is 4.90 Å². The molecule has 1 saturated carbocycles. The van der Waals surface area contributed by atoms with Gasteiger partial charge < -0.3 is 15.3 Å². The van der Waals surface area contributed by atoms with Crippen molar-refractivity contribution >= 4 is 12.0 Å². The van der Waals surface area contributed by atoms with E-state index in [4.69, 9.17) is 0 Å². The molecule has 5 heteroatoms. The van der Waals surface area contributed by atoms with Crippen LogP contribution < -0.4 is 5.32 Å². The fraction of sp³-hybridized carbons (Fsp3) is 0.846. The number of hydrogen-bond donors (Lipinski definition) is 2. The number of nitrogens with zero attached hydrogens (tertiary/aromatic N) is 1. The molecule has 1 rings (SSSR count). The van der Waals surface area contributed by atoms with Crippen LogP contribution >= 0.6 is 0 Å². The van der Waals surface area contributed by atoms with Crippen LogP contribution in [0, 0.1) is 11.3 Å². The molecule has 2 N–H and O–H groups in total. The van der Waals surface area contributed by atoms with Crippen molar-refractivity contribution in [2.75, 3.05) is 13.1 Å². The molecule has 0 aliphatic heterocycles. The Hall–Kier alpha value is -1.26. The Morgan fingerprint density at radius 1 is 1.39 bits per heavy atom. The van der Waals surface area contributed by atoms with Gasteiger partial charge in [0.2, 0.25) is 0 Å². The van der Waals surface area contributed by atoms with Crippen molar-refractivity contribution in [3.05, 3.63) is 0 Å². The third-order valence-corrected chi connectivity index (χ3v) is 3.23. The maximum Gasteiger partial charge on any atom is 0.326 e. The summed E-state index contributed by atoms with van der Waals surface area (Å²) < 4.78 is 0. The molecule has 0 spiro atoms. The second-order valence-corrected chi connectivity index (χ2v) is 6.07. The van der Waals surface area contributed by atoms with Gasteiger partial charge in [-0.15, -0.1) is 0 Å². The Morgan fingerprint density at radius 3 is 2.28 bits per heavy atom. The summed E-state index contributed by atoms with van der Waals surface area (Å²) in [5.74, 6) is -0.382. The van der Waals surface area contributed by atoms with Crippen molar-refractivity contribution in [3.63, 3.8) is 0 Å². The molecule has 0 aromatic rings. The van der Waals surface area contributed by atoms with Crippen LogP contribution in [0.15, 0.2) is 0 Å². The predicted octanol–water partition coefficient (Wildman–Crippen LogP) is 1.93. The quantitative estimate of drug-likeness (QED) is 0.789. The van der Waals surface area contributed by atoms with Gasteiger partial charge >= 0.3 is 12.0 Å². The van der Waals surface area contributed by atoms with Gasteiger partial charge in [0, 0.05) is 13.1 Å². The summed E-state index contributed by atoms with van der Waals surface area (Å²) in [5, 5.41) is 11.8. The van der Waals surface area contributed by atoms with Gasteiger partial charge in [0.15, 0.2) is 0 Å². The van der Waals surface area contributed by atoms with Gasteiger partial charge in [-0.1, -0.05) is 20.8 Å². The number of amides is 2. The molecule has 18 heavy (non-hydrogen) atoms. The lowest BCUT2D eigenvalue weighted by atomic mass is 9.87. The van der Waals surface area contributed by atoms with E-state index in [1.807, 2.05) is 27.7 Å². The van der Waals surface area contributed by atoms with Crippen LogP contribution in [0.5, 0.6) is 0 Å². The molecule has 1 atom stereocenters. The molecule has 5 nitrogen and oxygen atoms in total. The van der Waals surface area contributed by atoms with Crippen LogP contribution in [0.4, 0.5) is 4.79 Å². The summed E-state index contributed by atoms with van der Waals surface area (Å²) in [6, 6.07) is -1.13. The fourth-order valence-corrected chi connectivity index (χ4v) is 1.83. The molecule has 2 amide bonds. The summed E-state index contributed by atoms with van der Waals surface area (Å²) in [4.78, 5) is 24.9. The minimum absolute atomic E-state index is 0.272. The summed E-state index contributed by atoms with van der Waals surface area (Å²) in [6.45, 7) is 8.68. The monoisotopic (exact) mass is 256 g/mol. The summed E-state index contributed by atoms with van der Waals surface area (Å²) in [5.41, 5.74) is -0.500. The highest BCUT2D eigenvalue weighted by atomic mass is 16.4. The van der Waals surface area contributed by atoms with Crippen LogP contribution in [-0.4, -0.2) is 41.1 Å². The highest BCUT2D eigenvalue weighted by Gasteiger charge is 2.34. The van der Waals surface area contributed by atoms with Gasteiger partial charge in [-0.25, -0.2) is 9.59 Å². The first-order valence-electron chi connectivity index (χ1n) is 6.54. The molecule has 1 fully saturated rings. The molecule has 1 aliphatic carbocycles. The topological polar surface area (TPSA) is 69.6 Å². The Labute approximate surface area is 109 Å². The van der Waals surface area contributed by atoms with Crippen molar-refractivity contribution in [2.45, 2.75) is 46.6 Å². The number of urea groups is 1. The lowest BCUT2D eigenvalue weighted by molar-refractivity contribution is -0.142. The average Bonchev–Trinajstić information content (AvgIpc) is 3.03. The molecule has 0 heterocycles. The van der Waals surface area contributed by atoms with Gasteiger partial charge in [0.05, 0.1) is 0 Å². The summed E-state index contributed by atoms with van der Waals surface area (Å²) in [7, 11) is 0. The Bertz CT molecular complexity index is 319. The number of aliphatic carboxylic acids is 1. The van der Waals surface area contributed by atoms with E-state index >= 15 is 0 Å². The van der Waals surface area contributed by atoms with E-state index in [0.717, 1.165) is 6.54 Å². The molecule has 1 aliphatic rings. The van der Waals surface area contributed by atoms with Gasteiger partial charge in [0.25, 0.3) is 0 Å². The lowest BCUT2D eigenvalue weighted by Crippen LogP contribution is -2.53. The Morgan fingerprint density at radius 2 is 1.94 bits per heavy atom. The standard InChI is InChI=1S/C13H24N2O3/c1-5-15(8-9-6-7-9)12(18)14-10(11(16)17)13(2,3)4/h9-10H,5-8H2,1-4H3,(H,14,18)(H,16,17)/t10-/m1/s1. The number of nitrogens with one attached hydrogen (secondary N) is 1. The zero-order valence-corrected chi connectivity index (χ0v) is 11.7. The average molecular weight is 256 g/mol. The molecular weight excluding hydrogens is 232 g/mol. The highest BCUT2D eigenvalue weighted by Crippen LogP contribution is 2.29. The number of carbonyl (C=O) groups excluding carboxylic acids is 1. The summed E-state index contributed by atoms with van der Waals surface area (Å²) in [6.07, 6.45) is 2.34. The normalized spacial score (nSPS) is 17.1. The van der Waals surface area contributed by atoms with Crippen LogP contribution in [0.1, 0.15) is 40.5 Å². The van der Waals surface area contributed by atoms with Crippen molar-refractivity contribution in [1.29, 1.82) is 0 Å². The first kappa shape index (κ1) is 14.8. The van der Waals surface area contributed by atoms with Gasteiger partial charge in [-0.3, -0.25) is 0 Å². The third kappa shape index (κ3) is 4.20. The first-order chi connectivity index (χ1) is 8.25. The maximum absolute atomic E-state index is 12.1. The van der Waals surface area contributed by atoms with Crippen molar-refractivity contribution in [2.24, 2.45) is 11.3 Å². The zero-order valence-electron chi connectivity index (χ0n) is 11.7. The minimum atomic E-state index is -0.988. The van der Waals surface area contributed by atoms with E-state index in [2.05, 4.69) is 5.32 Å². The van der Waals surface area contributed by atoms with Crippen LogP contribution in [0.2, 0.25) is 0 Å². The molecule has 0 bridgehead atoms. The van der Waals surface area contributed by atoms with E-state index in [1.165, 1.54) is 12.8 Å². The van der Waals surface area contributed by atoms with Crippen LogP contribution in [0.3, 0.4) is 0 Å². The second kappa shape index (κ2) is 5.59. The molecule has 0 aromatic heterocycles. The third-order valence-electron chi connectivity index (χ3n) is 3.23. The number of rotatable bonds is 5. The smallest absolute Gasteiger partial charge is 0.326 e. The molecule has 104 valence electrons. The van der Waals surface area contributed by atoms with E-state index in [-0.39, 0.29) is 6.03 Å². The van der Waals surface area contributed by atoms with Gasteiger partial charge in [-0.05, 0) is 31.1 Å². The van der Waals surface area contributed by atoms with Crippen molar-refractivity contribution < 1.29 is 14.7 Å². The first-order valence-corrected chi connectivity index (χ1v) is 6.54. The SMILES string of the molecule is CCN(CC1CC1)C(=O)N[C@H](C(=O)O)C(C)(C)C. The van der Waals surface area contributed by atoms with E-state index in [0.29, 0.717) is 12.5 Å². The van der Waals surface area contributed by atoms with Crippen LogP contribution in [0.25, 0.3) is 0 Å². The van der Waals surface area contributed by atoms with E-state index in [9.17, 15) is 14.7 Å². The van der Waals surface area contributed by atoms with E-state index < -0.39 is 17.4 Å². The predicted molar refractivity (Wildman–Crippen MR) is 69.4 cm³/mol. The molecule has 0 radical (unpaired) electrons. The van der Waals surface area contributed by atoms with Crippen molar-refractivity contribution in [3.8, 4) is 0 Å². The minimum Gasteiger partial charge on any atom is -0.480 e. The molecular formula is C13H24N2O3.